The molecule has 0 saturated carbocycles. The lowest BCUT2D eigenvalue weighted by molar-refractivity contribution is -0.126. The van der Waals surface area contributed by atoms with Gasteiger partial charge in [-0.25, -0.2) is 9.97 Å². The second kappa shape index (κ2) is 8.74. The average Bonchev–Trinajstić information content (AvgIpc) is 3.11. The standard InChI is InChI=1S/C22H21Cl2N5OS/c23-16-5-4-14(11-17(16)24)27-21-20-15-6-10-29(12-18(15)31-22(20)26-13-25-21)19(30)3-1-7-28-8-2-9-28/h1,3-5,11,13H,2,6-10,12H2,(H,25,26,27)/b3-1+. The molecule has 5 rings (SSSR count). The van der Waals surface area contributed by atoms with E-state index in [1.54, 1.807) is 35.9 Å². The number of likely N-dealkylation sites (tertiary alicyclic amines) is 1. The van der Waals surface area contributed by atoms with Gasteiger partial charge in [-0.05, 0) is 49.7 Å². The van der Waals surface area contributed by atoms with Gasteiger partial charge in [0, 0.05) is 29.7 Å². The number of benzene rings is 1. The van der Waals surface area contributed by atoms with E-state index in [4.69, 9.17) is 23.2 Å². The van der Waals surface area contributed by atoms with E-state index in [9.17, 15) is 4.79 Å². The van der Waals surface area contributed by atoms with Gasteiger partial charge in [-0.1, -0.05) is 29.3 Å². The summed E-state index contributed by atoms with van der Waals surface area (Å²) in [4.78, 5) is 27.9. The molecule has 0 bridgehead atoms. The topological polar surface area (TPSA) is 61.4 Å². The minimum absolute atomic E-state index is 0.0730. The lowest BCUT2D eigenvalue weighted by Crippen LogP contribution is -2.37. The highest BCUT2D eigenvalue weighted by atomic mass is 35.5. The molecule has 6 nitrogen and oxygen atoms in total. The summed E-state index contributed by atoms with van der Waals surface area (Å²) in [5.41, 5.74) is 2.03. The number of carbonyl (C=O) groups is 1. The smallest absolute Gasteiger partial charge is 0.246 e. The number of thiophene rings is 1. The van der Waals surface area contributed by atoms with Gasteiger partial charge in [-0.2, -0.15) is 0 Å². The number of halogens is 2. The number of amides is 1. The van der Waals surface area contributed by atoms with Crippen molar-refractivity contribution >= 4 is 62.2 Å². The number of hydrogen-bond acceptors (Lipinski definition) is 6. The molecule has 4 heterocycles. The number of hydrogen-bond donors (Lipinski definition) is 1. The van der Waals surface area contributed by atoms with Crippen molar-refractivity contribution in [3.05, 3.63) is 57.2 Å². The Hall–Kier alpha value is -2.19. The Kier molecular flexibility index (Phi) is 5.84. The van der Waals surface area contributed by atoms with E-state index < -0.39 is 0 Å². The molecule has 2 aliphatic rings. The normalized spacial score (nSPS) is 16.5. The van der Waals surface area contributed by atoms with Gasteiger partial charge in [0.15, 0.2) is 0 Å². The van der Waals surface area contributed by atoms with Crippen molar-refractivity contribution in [3.8, 4) is 0 Å². The monoisotopic (exact) mass is 473 g/mol. The predicted molar refractivity (Wildman–Crippen MR) is 126 cm³/mol. The zero-order chi connectivity index (χ0) is 21.4. The zero-order valence-corrected chi connectivity index (χ0v) is 19.1. The van der Waals surface area contributed by atoms with Crippen LogP contribution >= 0.6 is 34.5 Å². The second-order valence-corrected chi connectivity index (χ2v) is 9.62. The molecule has 2 aromatic heterocycles. The Morgan fingerprint density at radius 1 is 1.19 bits per heavy atom. The van der Waals surface area contributed by atoms with Crippen LogP contribution in [0.1, 0.15) is 16.9 Å². The van der Waals surface area contributed by atoms with Gasteiger partial charge in [-0.3, -0.25) is 9.69 Å². The third-order valence-corrected chi connectivity index (χ3v) is 7.57. The highest BCUT2D eigenvalue weighted by molar-refractivity contribution is 7.19. The van der Waals surface area contributed by atoms with Crippen LogP contribution < -0.4 is 5.32 Å². The molecule has 160 valence electrons. The van der Waals surface area contributed by atoms with E-state index in [1.165, 1.54) is 16.9 Å². The number of carbonyl (C=O) groups excluding carboxylic acids is 1. The molecule has 0 aliphatic carbocycles. The number of aromatic nitrogens is 2. The van der Waals surface area contributed by atoms with Gasteiger partial charge in [0.2, 0.25) is 5.91 Å². The fourth-order valence-corrected chi connectivity index (χ4v) is 5.39. The number of fused-ring (bicyclic) bond motifs is 3. The first-order chi connectivity index (χ1) is 15.1. The molecule has 1 saturated heterocycles. The van der Waals surface area contributed by atoms with E-state index in [-0.39, 0.29) is 5.91 Å². The van der Waals surface area contributed by atoms with Gasteiger partial charge >= 0.3 is 0 Å². The Morgan fingerprint density at radius 3 is 2.84 bits per heavy atom. The summed E-state index contributed by atoms with van der Waals surface area (Å²) in [6.07, 6.45) is 7.30. The molecule has 1 fully saturated rings. The molecule has 0 spiro atoms. The van der Waals surface area contributed by atoms with E-state index in [2.05, 4.69) is 20.2 Å². The zero-order valence-electron chi connectivity index (χ0n) is 16.8. The van der Waals surface area contributed by atoms with Crippen LogP contribution in [0.5, 0.6) is 0 Å². The summed E-state index contributed by atoms with van der Waals surface area (Å²) >= 11 is 13.8. The molecule has 1 N–H and O–H groups in total. The van der Waals surface area contributed by atoms with Crippen molar-refractivity contribution < 1.29 is 4.79 Å². The minimum Gasteiger partial charge on any atom is -0.340 e. The average molecular weight is 474 g/mol. The maximum Gasteiger partial charge on any atom is 0.246 e. The molecule has 0 unspecified atom stereocenters. The lowest BCUT2D eigenvalue weighted by Gasteiger charge is -2.29. The van der Waals surface area contributed by atoms with E-state index in [1.807, 2.05) is 17.0 Å². The van der Waals surface area contributed by atoms with Gasteiger partial charge < -0.3 is 10.2 Å². The van der Waals surface area contributed by atoms with Crippen LogP contribution in [0.3, 0.4) is 0 Å². The number of nitrogens with zero attached hydrogens (tertiary/aromatic N) is 4. The quantitative estimate of drug-likeness (QED) is 0.534. The summed E-state index contributed by atoms with van der Waals surface area (Å²) in [5, 5.41) is 5.37. The maximum atomic E-state index is 12.6. The van der Waals surface area contributed by atoms with Crippen LogP contribution in [-0.2, 0) is 17.8 Å². The highest BCUT2D eigenvalue weighted by Gasteiger charge is 2.25. The Labute approximate surface area is 194 Å². The van der Waals surface area contributed by atoms with Crippen LogP contribution in [0.4, 0.5) is 11.5 Å². The summed E-state index contributed by atoms with van der Waals surface area (Å²) in [5.74, 6) is 0.818. The van der Waals surface area contributed by atoms with Crippen LogP contribution in [-0.4, -0.2) is 51.9 Å². The maximum absolute atomic E-state index is 12.6. The van der Waals surface area contributed by atoms with Crippen molar-refractivity contribution in [1.82, 2.24) is 19.8 Å². The van der Waals surface area contributed by atoms with Crippen molar-refractivity contribution in [2.45, 2.75) is 19.4 Å². The molecule has 2 aliphatic heterocycles. The van der Waals surface area contributed by atoms with E-state index >= 15 is 0 Å². The highest BCUT2D eigenvalue weighted by Crippen LogP contribution is 2.38. The van der Waals surface area contributed by atoms with E-state index in [0.29, 0.717) is 23.1 Å². The van der Waals surface area contributed by atoms with Crippen molar-refractivity contribution in [2.24, 2.45) is 0 Å². The fourth-order valence-electron chi connectivity index (χ4n) is 3.89. The van der Waals surface area contributed by atoms with Gasteiger partial charge in [0.25, 0.3) is 0 Å². The van der Waals surface area contributed by atoms with Crippen LogP contribution in [0.2, 0.25) is 10.0 Å². The largest absolute Gasteiger partial charge is 0.340 e. The molecule has 3 aromatic rings. The molecular weight excluding hydrogens is 453 g/mol. The van der Waals surface area contributed by atoms with Gasteiger partial charge in [0.1, 0.15) is 17.0 Å². The summed E-state index contributed by atoms with van der Waals surface area (Å²) in [7, 11) is 0. The number of nitrogens with one attached hydrogen (secondary N) is 1. The molecule has 9 heteroatoms. The third-order valence-electron chi connectivity index (χ3n) is 5.70. The van der Waals surface area contributed by atoms with Crippen molar-refractivity contribution in [3.63, 3.8) is 0 Å². The Bertz CT molecular complexity index is 1170. The molecule has 31 heavy (non-hydrogen) atoms. The van der Waals surface area contributed by atoms with Crippen molar-refractivity contribution in [1.29, 1.82) is 0 Å². The number of anilines is 2. The SMILES string of the molecule is O=C(/C=C/CN1CCC1)N1CCc2c(sc3ncnc(Nc4ccc(Cl)c(Cl)c4)c23)C1. The van der Waals surface area contributed by atoms with E-state index in [0.717, 1.165) is 47.8 Å². The van der Waals surface area contributed by atoms with Gasteiger partial charge in [-0.15, -0.1) is 11.3 Å². The Balaban J connectivity index is 1.36. The first-order valence-electron chi connectivity index (χ1n) is 10.2. The first-order valence-corrected chi connectivity index (χ1v) is 11.8. The summed E-state index contributed by atoms with van der Waals surface area (Å²) in [6, 6.07) is 5.41. The molecule has 1 amide bonds. The second-order valence-electron chi connectivity index (χ2n) is 7.73. The first kappa shape index (κ1) is 20.7. The molecule has 1 aromatic carbocycles. The summed E-state index contributed by atoms with van der Waals surface area (Å²) < 4.78 is 0. The van der Waals surface area contributed by atoms with Crippen LogP contribution in [0, 0.1) is 0 Å². The lowest BCUT2D eigenvalue weighted by atomic mass is 10.0. The summed E-state index contributed by atoms with van der Waals surface area (Å²) in [6.45, 7) is 4.41. The van der Waals surface area contributed by atoms with Gasteiger partial charge in [0.05, 0.1) is 22.0 Å². The number of rotatable bonds is 5. The van der Waals surface area contributed by atoms with Crippen molar-refractivity contribution in [2.75, 3.05) is 31.5 Å². The Morgan fingerprint density at radius 2 is 2.06 bits per heavy atom. The molecule has 0 radical (unpaired) electrons. The van der Waals surface area contributed by atoms with Crippen LogP contribution in [0.15, 0.2) is 36.7 Å². The predicted octanol–water partition coefficient (Wildman–Crippen LogP) is 4.89. The minimum atomic E-state index is 0.0730. The van der Waals surface area contributed by atoms with Crippen LogP contribution in [0.25, 0.3) is 10.2 Å². The fraction of sp³-hybridized carbons (Fsp3) is 0.318. The molecule has 0 atom stereocenters. The third kappa shape index (κ3) is 4.28. The molecular formula is C22H21Cl2N5OS.